The average molecular weight is 307 g/mol. The van der Waals surface area contributed by atoms with E-state index in [1.165, 1.54) is 0 Å². The Hall–Kier alpha value is -2.97. The van der Waals surface area contributed by atoms with E-state index >= 15 is 0 Å². The maximum absolute atomic E-state index is 12.6. The first-order valence-corrected chi connectivity index (χ1v) is 6.08. The van der Waals surface area contributed by atoms with Crippen LogP contribution in [0.2, 0.25) is 0 Å². The number of anilines is 2. The molecule has 0 amide bonds. The zero-order valence-corrected chi connectivity index (χ0v) is 10.9. The Morgan fingerprint density at radius 2 is 1.91 bits per heavy atom. The van der Waals surface area contributed by atoms with Crippen LogP contribution in [0.15, 0.2) is 47.2 Å². The van der Waals surface area contributed by atoms with Crippen molar-refractivity contribution in [2.75, 3.05) is 5.32 Å². The molecular formula is C13H8F3N5O. The minimum atomic E-state index is -4.45. The maximum atomic E-state index is 12.6. The van der Waals surface area contributed by atoms with Crippen LogP contribution >= 0.6 is 0 Å². The van der Waals surface area contributed by atoms with Crippen LogP contribution in [-0.4, -0.2) is 20.1 Å². The summed E-state index contributed by atoms with van der Waals surface area (Å²) < 4.78 is 42.8. The summed E-state index contributed by atoms with van der Waals surface area (Å²) in [6, 6.07) is 6.81. The van der Waals surface area contributed by atoms with Crippen molar-refractivity contribution >= 4 is 11.8 Å². The van der Waals surface area contributed by atoms with Crippen molar-refractivity contribution in [3.63, 3.8) is 0 Å². The van der Waals surface area contributed by atoms with E-state index < -0.39 is 11.7 Å². The molecule has 3 rings (SSSR count). The fourth-order valence-electron chi connectivity index (χ4n) is 1.66. The van der Waals surface area contributed by atoms with Crippen LogP contribution < -0.4 is 5.32 Å². The van der Waals surface area contributed by atoms with Gasteiger partial charge in [-0.1, -0.05) is 11.2 Å². The van der Waals surface area contributed by atoms with Crippen LogP contribution in [0, 0.1) is 0 Å². The molecule has 0 aliphatic heterocycles. The predicted octanol–water partition coefficient (Wildman–Crippen LogP) is 3.29. The first-order valence-electron chi connectivity index (χ1n) is 6.08. The molecule has 0 bridgehead atoms. The number of nitrogens with zero attached hydrogens (tertiary/aromatic N) is 4. The van der Waals surface area contributed by atoms with Crippen LogP contribution in [0.1, 0.15) is 5.56 Å². The first-order chi connectivity index (χ1) is 10.5. The monoisotopic (exact) mass is 307 g/mol. The Bertz CT molecular complexity index is 773. The highest BCUT2D eigenvalue weighted by Gasteiger charge is 2.30. The maximum Gasteiger partial charge on any atom is 0.416 e. The fraction of sp³-hybridized carbons (Fsp3) is 0.0769. The van der Waals surface area contributed by atoms with E-state index in [1.807, 2.05) is 0 Å². The largest absolute Gasteiger partial charge is 0.416 e. The topological polar surface area (TPSA) is 76.7 Å². The highest BCUT2D eigenvalue weighted by atomic mass is 19.4. The molecule has 1 N–H and O–H groups in total. The van der Waals surface area contributed by atoms with E-state index in [0.29, 0.717) is 5.69 Å². The molecule has 3 aromatic heterocycles. The van der Waals surface area contributed by atoms with E-state index in [9.17, 15) is 13.2 Å². The molecule has 0 spiro atoms. The van der Waals surface area contributed by atoms with Gasteiger partial charge in [-0.3, -0.25) is 10.3 Å². The van der Waals surface area contributed by atoms with Gasteiger partial charge in [0.05, 0.1) is 5.56 Å². The summed E-state index contributed by atoms with van der Waals surface area (Å²) >= 11 is 0. The van der Waals surface area contributed by atoms with Gasteiger partial charge >= 0.3 is 12.2 Å². The van der Waals surface area contributed by atoms with Gasteiger partial charge in [0.1, 0.15) is 11.5 Å². The molecule has 0 saturated carbocycles. The lowest BCUT2D eigenvalue weighted by Gasteiger charge is -2.07. The molecule has 0 saturated heterocycles. The molecule has 0 aliphatic rings. The summed E-state index contributed by atoms with van der Waals surface area (Å²) in [4.78, 5) is 11.8. The van der Waals surface area contributed by atoms with Gasteiger partial charge in [-0.05, 0) is 24.3 Å². The summed E-state index contributed by atoms with van der Waals surface area (Å²) in [7, 11) is 0. The number of alkyl halides is 3. The number of pyridine rings is 2. The van der Waals surface area contributed by atoms with Crippen molar-refractivity contribution in [1.29, 1.82) is 0 Å². The predicted molar refractivity (Wildman–Crippen MR) is 70.1 cm³/mol. The van der Waals surface area contributed by atoms with Crippen molar-refractivity contribution in [1.82, 2.24) is 20.1 Å². The third-order valence-corrected chi connectivity index (χ3v) is 2.64. The number of hydrogen-bond acceptors (Lipinski definition) is 6. The number of rotatable bonds is 3. The molecule has 3 heterocycles. The molecule has 6 nitrogen and oxygen atoms in total. The van der Waals surface area contributed by atoms with E-state index in [-0.39, 0.29) is 17.7 Å². The van der Waals surface area contributed by atoms with Gasteiger partial charge in [-0.2, -0.15) is 18.2 Å². The van der Waals surface area contributed by atoms with Crippen molar-refractivity contribution in [2.45, 2.75) is 6.18 Å². The van der Waals surface area contributed by atoms with Crippen LogP contribution in [0.25, 0.3) is 11.5 Å². The molecule has 0 aromatic carbocycles. The lowest BCUT2D eigenvalue weighted by atomic mass is 10.2. The van der Waals surface area contributed by atoms with E-state index in [1.54, 1.807) is 24.4 Å². The van der Waals surface area contributed by atoms with Gasteiger partial charge in [0.2, 0.25) is 5.82 Å². The quantitative estimate of drug-likeness (QED) is 0.800. The van der Waals surface area contributed by atoms with Gasteiger partial charge in [0, 0.05) is 12.4 Å². The van der Waals surface area contributed by atoms with Crippen molar-refractivity contribution < 1.29 is 17.7 Å². The number of hydrogen-bond donors (Lipinski definition) is 1. The molecule has 0 aliphatic carbocycles. The number of halogens is 3. The lowest BCUT2D eigenvalue weighted by Crippen LogP contribution is -2.06. The molecule has 112 valence electrons. The molecule has 3 aromatic rings. The molecule has 0 atom stereocenters. The van der Waals surface area contributed by atoms with Crippen LogP contribution in [0.3, 0.4) is 0 Å². The average Bonchev–Trinajstić information content (AvgIpc) is 2.96. The second-order valence-electron chi connectivity index (χ2n) is 4.19. The zero-order chi connectivity index (χ0) is 15.6. The van der Waals surface area contributed by atoms with Gasteiger partial charge in [-0.15, -0.1) is 0 Å². The van der Waals surface area contributed by atoms with Crippen molar-refractivity contribution in [3.05, 3.63) is 48.3 Å². The van der Waals surface area contributed by atoms with Gasteiger partial charge in [0.15, 0.2) is 0 Å². The normalized spacial score (nSPS) is 11.4. The minimum Gasteiger partial charge on any atom is -0.315 e. The smallest absolute Gasteiger partial charge is 0.315 e. The minimum absolute atomic E-state index is 0.0500. The summed E-state index contributed by atoms with van der Waals surface area (Å²) in [5.74, 6) is 0.168. The molecular weight excluding hydrogens is 299 g/mol. The molecule has 22 heavy (non-hydrogen) atoms. The fourth-order valence-corrected chi connectivity index (χ4v) is 1.66. The molecule has 0 fully saturated rings. The summed E-state index contributed by atoms with van der Waals surface area (Å²) in [6.07, 6.45) is -1.85. The van der Waals surface area contributed by atoms with Gasteiger partial charge in [-0.25, -0.2) is 4.98 Å². The van der Waals surface area contributed by atoms with Crippen molar-refractivity contribution in [2.24, 2.45) is 0 Å². The van der Waals surface area contributed by atoms with E-state index in [4.69, 9.17) is 4.52 Å². The summed E-state index contributed by atoms with van der Waals surface area (Å²) in [6.45, 7) is 0. The second-order valence-corrected chi connectivity index (χ2v) is 4.19. The Labute approximate surface area is 122 Å². The SMILES string of the molecule is FC(F)(F)c1ccnc(Nc2nc(-c3ccccn3)no2)c1. The summed E-state index contributed by atoms with van der Waals surface area (Å²) in [5.41, 5.74) is -0.342. The molecule has 9 heteroatoms. The van der Waals surface area contributed by atoms with Crippen LogP contribution in [0.5, 0.6) is 0 Å². The molecule has 0 radical (unpaired) electrons. The summed E-state index contributed by atoms with van der Waals surface area (Å²) in [5, 5.41) is 6.22. The first kappa shape index (κ1) is 14.0. The van der Waals surface area contributed by atoms with E-state index in [0.717, 1.165) is 18.3 Å². The number of aromatic nitrogens is 4. The second kappa shape index (κ2) is 5.43. The van der Waals surface area contributed by atoms with Crippen LogP contribution in [-0.2, 0) is 6.18 Å². The third kappa shape index (κ3) is 3.03. The van der Waals surface area contributed by atoms with E-state index in [2.05, 4.69) is 25.4 Å². The standard InChI is InChI=1S/C13H8F3N5O/c14-13(15,16)8-4-6-18-10(7-8)19-12-20-11(21-22-12)9-3-1-2-5-17-9/h1-7H,(H,18,19,20,21). The van der Waals surface area contributed by atoms with Gasteiger partial charge < -0.3 is 4.52 Å². The van der Waals surface area contributed by atoms with Crippen LogP contribution in [0.4, 0.5) is 25.0 Å². The highest BCUT2D eigenvalue weighted by Crippen LogP contribution is 2.30. The third-order valence-electron chi connectivity index (χ3n) is 2.64. The number of nitrogens with one attached hydrogen (secondary N) is 1. The lowest BCUT2D eigenvalue weighted by molar-refractivity contribution is -0.137. The highest BCUT2D eigenvalue weighted by molar-refractivity contribution is 5.53. The van der Waals surface area contributed by atoms with Crippen molar-refractivity contribution in [3.8, 4) is 11.5 Å². The molecule has 0 unspecified atom stereocenters. The zero-order valence-electron chi connectivity index (χ0n) is 10.9. The Kier molecular flexibility index (Phi) is 3.45. The Morgan fingerprint density at radius 1 is 1.05 bits per heavy atom. The Balaban J connectivity index is 1.81. The van der Waals surface area contributed by atoms with Gasteiger partial charge in [0.25, 0.3) is 0 Å². The Morgan fingerprint density at radius 3 is 2.64 bits per heavy atom.